The summed E-state index contributed by atoms with van der Waals surface area (Å²) >= 11 is 6.40. The number of thiophene rings is 1. The highest BCUT2D eigenvalue weighted by molar-refractivity contribution is 7.71. The minimum absolute atomic E-state index is 0.279. The quantitative estimate of drug-likeness (QED) is 0.736. The Hall–Kier alpha value is -1.11. The summed E-state index contributed by atoms with van der Waals surface area (Å²) in [4.78, 5) is 3.00. The predicted molar refractivity (Wildman–Crippen MR) is 66.4 cm³/mol. The molecule has 4 nitrogen and oxygen atoms in total. The highest BCUT2D eigenvalue weighted by atomic mass is 32.1. The number of rotatable bonds is 4. The zero-order valence-corrected chi connectivity index (χ0v) is 10.3. The van der Waals surface area contributed by atoms with Crippen LogP contribution in [0.3, 0.4) is 0 Å². The Morgan fingerprint density at radius 2 is 2.50 bits per heavy atom. The van der Waals surface area contributed by atoms with Crippen molar-refractivity contribution in [2.75, 3.05) is 11.9 Å². The van der Waals surface area contributed by atoms with E-state index >= 15 is 0 Å². The summed E-state index contributed by atoms with van der Waals surface area (Å²) in [6.45, 7) is 2.42. The molecule has 0 bridgehead atoms. The van der Waals surface area contributed by atoms with E-state index in [1.54, 1.807) is 17.5 Å². The molecular formula is C10H12N2O2S2. The fourth-order valence-corrected chi connectivity index (χ4v) is 2.29. The number of oxazole rings is 1. The topological polar surface area (TPSA) is 61.2 Å². The van der Waals surface area contributed by atoms with Gasteiger partial charge >= 0.3 is 0 Å². The molecule has 1 atom stereocenters. The predicted octanol–water partition coefficient (Wildman–Crippen LogP) is 2.85. The van der Waals surface area contributed by atoms with Crippen LogP contribution in [0.15, 0.2) is 22.1 Å². The van der Waals surface area contributed by atoms with Crippen LogP contribution in [0.25, 0.3) is 0 Å². The Balaban J connectivity index is 1.96. The average Bonchev–Trinajstić information content (AvgIpc) is 2.84. The summed E-state index contributed by atoms with van der Waals surface area (Å²) in [6, 6.07) is 2.03. The molecule has 0 amide bonds. The molecule has 0 aliphatic heterocycles. The lowest BCUT2D eigenvalue weighted by atomic mass is 10.3. The SMILES string of the molecule is Cc1ccsc1NCC(O)c1c[nH]c(=S)o1. The fraction of sp³-hybridized carbons (Fsp3) is 0.300. The van der Waals surface area contributed by atoms with Gasteiger partial charge in [-0.2, -0.15) is 0 Å². The zero-order valence-electron chi connectivity index (χ0n) is 8.69. The van der Waals surface area contributed by atoms with Gasteiger partial charge in [0, 0.05) is 12.7 Å². The van der Waals surface area contributed by atoms with Gasteiger partial charge in [0.05, 0.1) is 5.00 Å². The molecule has 2 rings (SSSR count). The lowest BCUT2D eigenvalue weighted by Gasteiger charge is -2.09. The molecule has 0 aliphatic rings. The van der Waals surface area contributed by atoms with Gasteiger partial charge in [0.2, 0.25) is 0 Å². The number of aliphatic hydroxyl groups excluding tert-OH is 1. The molecule has 16 heavy (non-hydrogen) atoms. The van der Waals surface area contributed by atoms with Gasteiger partial charge in [-0.1, -0.05) is 0 Å². The minimum Gasteiger partial charge on any atom is -0.432 e. The summed E-state index contributed by atoms with van der Waals surface area (Å²) < 4.78 is 5.12. The maximum absolute atomic E-state index is 9.81. The Morgan fingerprint density at radius 3 is 3.06 bits per heavy atom. The second-order valence-corrected chi connectivity index (χ2v) is 4.70. The van der Waals surface area contributed by atoms with Crippen LogP contribution < -0.4 is 5.32 Å². The molecule has 2 heterocycles. The Morgan fingerprint density at radius 1 is 1.69 bits per heavy atom. The number of aromatic amines is 1. The Labute approximate surface area is 102 Å². The van der Waals surface area contributed by atoms with Crippen molar-refractivity contribution in [1.29, 1.82) is 0 Å². The molecule has 0 fully saturated rings. The molecule has 0 radical (unpaired) electrons. The lowest BCUT2D eigenvalue weighted by Crippen LogP contribution is -2.11. The van der Waals surface area contributed by atoms with E-state index in [2.05, 4.69) is 10.3 Å². The first-order valence-corrected chi connectivity index (χ1v) is 6.10. The summed E-state index contributed by atoms with van der Waals surface area (Å²) in [5, 5.41) is 16.0. The highest BCUT2D eigenvalue weighted by Gasteiger charge is 2.11. The summed E-state index contributed by atoms with van der Waals surface area (Å²) in [5.74, 6) is 0.451. The van der Waals surface area contributed by atoms with E-state index in [4.69, 9.17) is 16.6 Å². The Kier molecular flexibility index (Phi) is 3.42. The van der Waals surface area contributed by atoms with Gasteiger partial charge in [-0.25, -0.2) is 0 Å². The monoisotopic (exact) mass is 256 g/mol. The maximum Gasteiger partial charge on any atom is 0.266 e. The number of hydrogen-bond donors (Lipinski definition) is 3. The van der Waals surface area contributed by atoms with Crippen LogP contribution in [-0.2, 0) is 0 Å². The van der Waals surface area contributed by atoms with Gasteiger partial charge in [0.15, 0.2) is 5.76 Å². The van der Waals surface area contributed by atoms with Crippen LogP contribution in [0, 0.1) is 11.8 Å². The highest BCUT2D eigenvalue weighted by Crippen LogP contribution is 2.23. The average molecular weight is 256 g/mol. The van der Waals surface area contributed by atoms with Gasteiger partial charge in [-0.3, -0.25) is 0 Å². The van der Waals surface area contributed by atoms with E-state index in [1.807, 2.05) is 18.4 Å². The molecule has 0 aliphatic carbocycles. The Bertz CT molecular complexity index is 515. The van der Waals surface area contributed by atoms with Crippen molar-refractivity contribution in [2.45, 2.75) is 13.0 Å². The molecule has 0 aromatic carbocycles. The van der Waals surface area contributed by atoms with Gasteiger partial charge < -0.3 is 19.8 Å². The zero-order chi connectivity index (χ0) is 11.5. The molecule has 3 N–H and O–H groups in total. The van der Waals surface area contributed by atoms with E-state index < -0.39 is 6.10 Å². The van der Waals surface area contributed by atoms with Crippen LogP contribution in [0.1, 0.15) is 17.4 Å². The fourth-order valence-electron chi connectivity index (χ4n) is 1.30. The lowest BCUT2D eigenvalue weighted by molar-refractivity contribution is 0.161. The van der Waals surface area contributed by atoms with Crippen LogP contribution >= 0.6 is 23.6 Å². The van der Waals surface area contributed by atoms with Gasteiger partial charge in [0.25, 0.3) is 4.84 Å². The maximum atomic E-state index is 9.81. The number of H-pyrrole nitrogens is 1. The first kappa shape index (κ1) is 11.4. The van der Waals surface area contributed by atoms with Crippen molar-refractivity contribution in [2.24, 2.45) is 0 Å². The van der Waals surface area contributed by atoms with Gasteiger partial charge in [0.1, 0.15) is 6.10 Å². The van der Waals surface area contributed by atoms with Crippen LogP contribution in [0.4, 0.5) is 5.00 Å². The van der Waals surface area contributed by atoms with E-state index in [0.717, 1.165) is 5.00 Å². The molecule has 0 saturated heterocycles. The molecule has 86 valence electrons. The first-order valence-electron chi connectivity index (χ1n) is 4.81. The van der Waals surface area contributed by atoms with E-state index in [-0.39, 0.29) is 4.84 Å². The second-order valence-electron chi connectivity index (χ2n) is 3.41. The van der Waals surface area contributed by atoms with Crippen LogP contribution in [-0.4, -0.2) is 16.6 Å². The number of hydrogen-bond acceptors (Lipinski definition) is 5. The number of aliphatic hydroxyl groups is 1. The summed E-state index contributed by atoms with van der Waals surface area (Å²) in [5.41, 5.74) is 1.17. The van der Waals surface area contributed by atoms with Crippen molar-refractivity contribution in [3.63, 3.8) is 0 Å². The third-order valence-corrected chi connectivity index (χ3v) is 3.36. The van der Waals surface area contributed by atoms with Crippen LogP contribution in [0.2, 0.25) is 0 Å². The normalized spacial score (nSPS) is 12.6. The van der Waals surface area contributed by atoms with Crippen molar-refractivity contribution in [3.05, 3.63) is 33.8 Å². The van der Waals surface area contributed by atoms with Crippen molar-refractivity contribution < 1.29 is 9.52 Å². The number of nitrogens with one attached hydrogen (secondary N) is 2. The number of aryl methyl sites for hydroxylation is 1. The standard InChI is InChI=1S/C10H12N2O2S2/c1-6-2-3-16-9(6)11-4-7(13)8-5-12-10(15)14-8/h2-3,5,7,11,13H,4H2,1H3,(H,12,15). The van der Waals surface area contributed by atoms with Crippen molar-refractivity contribution >= 4 is 28.6 Å². The molecule has 6 heteroatoms. The third-order valence-electron chi connectivity index (χ3n) is 2.19. The third kappa shape index (κ3) is 2.52. The number of anilines is 1. The molecule has 1 unspecified atom stereocenters. The van der Waals surface area contributed by atoms with Crippen LogP contribution in [0.5, 0.6) is 0 Å². The largest absolute Gasteiger partial charge is 0.432 e. The van der Waals surface area contributed by atoms with Gasteiger partial charge in [-0.05, 0) is 36.2 Å². The van der Waals surface area contributed by atoms with Crippen molar-refractivity contribution in [1.82, 2.24) is 4.98 Å². The van der Waals surface area contributed by atoms with E-state index in [9.17, 15) is 5.11 Å². The summed E-state index contributed by atoms with van der Waals surface area (Å²) in [7, 11) is 0. The van der Waals surface area contributed by atoms with E-state index in [0.29, 0.717) is 12.3 Å². The molecule has 0 spiro atoms. The van der Waals surface area contributed by atoms with Crippen molar-refractivity contribution in [3.8, 4) is 0 Å². The molecule has 2 aromatic heterocycles. The molecule has 2 aromatic rings. The minimum atomic E-state index is -0.700. The summed E-state index contributed by atoms with van der Waals surface area (Å²) in [6.07, 6.45) is 0.880. The van der Waals surface area contributed by atoms with Gasteiger partial charge in [-0.15, -0.1) is 11.3 Å². The second kappa shape index (κ2) is 4.82. The first-order chi connectivity index (χ1) is 7.66. The van der Waals surface area contributed by atoms with E-state index in [1.165, 1.54) is 5.56 Å². The smallest absolute Gasteiger partial charge is 0.266 e. The molecule has 0 saturated carbocycles. The number of aromatic nitrogens is 1. The molecular weight excluding hydrogens is 244 g/mol.